The van der Waals surface area contributed by atoms with E-state index in [0.717, 1.165) is 24.6 Å². The van der Waals surface area contributed by atoms with Gasteiger partial charge in [-0.25, -0.2) is 4.39 Å². The van der Waals surface area contributed by atoms with Crippen LogP contribution in [0.3, 0.4) is 0 Å². The highest BCUT2D eigenvalue weighted by atomic mass is 19.1. The molecule has 2 aromatic rings. The fourth-order valence-electron chi connectivity index (χ4n) is 2.08. The van der Waals surface area contributed by atoms with Crippen LogP contribution in [0.15, 0.2) is 42.5 Å². The van der Waals surface area contributed by atoms with Crippen LogP contribution in [0, 0.1) is 12.7 Å². The molecule has 0 aliphatic heterocycles. The molecule has 0 atom stereocenters. The lowest BCUT2D eigenvalue weighted by molar-refractivity contribution is 0.467. The summed E-state index contributed by atoms with van der Waals surface area (Å²) >= 11 is 0. The highest BCUT2D eigenvalue weighted by Crippen LogP contribution is 2.14. The summed E-state index contributed by atoms with van der Waals surface area (Å²) in [6.07, 6.45) is 0.938. The minimum atomic E-state index is -0.407. The van der Waals surface area contributed by atoms with E-state index in [0.29, 0.717) is 6.54 Å². The molecule has 2 N–H and O–H groups in total. The summed E-state index contributed by atoms with van der Waals surface area (Å²) in [5.74, 6) is -0.439. The van der Waals surface area contributed by atoms with E-state index in [9.17, 15) is 9.50 Å². The Morgan fingerprint density at radius 1 is 1.16 bits per heavy atom. The van der Waals surface area contributed by atoms with Crippen LogP contribution < -0.4 is 5.32 Å². The van der Waals surface area contributed by atoms with E-state index in [2.05, 4.69) is 24.4 Å². The number of benzene rings is 2. The van der Waals surface area contributed by atoms with Crippen molar-refractivity contribution in [1.29, 1.82) is 0 Å². The van der Waals surface area contributed by atoms with Gasteiger partial charge in [0.15, 0.2) is 0 Å². The summed E-state index contributed by atoms with van der Waals surface area (Å²) in [7, 11) is 0. The van der Waals surface area contributed by atoms with Crippen LogP contribution >= 0.6 is 0 Å². The highest BCUT2D eigenvalue weighted by molar-refractivity contribution is 5.28. The zero-order chi connectivity index (χ0) is 13.7. The minimum Gasteiger partial charge on any atom is -0.508 e. The van der Waals surface area contributed by atoms with Gasteiger partial charge in [0.25, 0.3) is 0 Å². The SMILES string of the molecule is Cc1ccccc1CCNCc1cc(O)cc(F)c1. The maximum atomic E-state index is 13.1. The first-order valence-electron chi connectivity index (χ1n) is 6.39. The van der Waals surface area contributed by atoms with Crippen molar-refractivity contribution in [3.05, 3.63) is 65.0 Å². The third-order valence-electron chi connectivity index (χ3n) is 3.10. The smallest absolute Gasteiger partial charge is 0.127 e. The molecule has 2 rings (SSSR count). The van der Waals surface area contributed by atoms with Crippen molar-refractivity contribution < 1.29 is 9.50 Å². The molecular formula is C16H18FNO. The first kappa shape index (κ1) is 13.6. The number of hydrogen-bond acceptors (Lipinski definition) is 2. The first-order valence-corrected chi connectivity index (χ1v) is 6.39. The normalized spacial score (nSPS) is 10.6. The zero-order valence-corrected chi connectivity index (χ0v) is 11.0. The van der Waals surface area contributed by atoms with Crippen molar-refractivity contribution in [2.45, 2.75) is 19.9 Å². The predicted molar refractivity (Wildman–Crippen MR) is 74.7 cm³/mol. The summed E-state index contributed by atoms with van der Waals surface area (Å²) in [6, 6.07) is 12.4. The van der Waals surface area contributed by atoms with Gasteiger partial charge in [-0.05, 0) is 48.7 Å². The number of hydrogen-bond donors (Lipinski definition) is 2. The summed E-state index contributed by atoms with van der Waals surface area (Å²) in [6.45, 7) is 3.47. The first-order chi connectivity index (χ1) is 9.15. The number of phenolic OH excluding ortho intramolecular Hbond substituents is 1. The van der Waals surface area contributed by atoms with Crippen molar-refractivity contribution in [3.8, 4) is 5.75 Å². The molecule has 0 spiro atoms. The average Bonchev–Trinajstić information content (AvgIpc) is 2.35. The summed E-state index contributed by atoms with van der Waals surface area (Å²) < 4.78 is 13.1. The third kappa shape index (κ3) is 4.07. The van der Waals surface area contributed by atoms with Gasteiger partial charge in [-0.1, -0.05) is 24.3 Å². The molecule has 100 valence electrons. The van der Waals surface area contributed by atoms with Gasteiger partial charge >= 0.3 is 0 Å². The lowest BCUT2D eigenvalue weighted by Gasteiger charge is -2.08. The molecule has 0 aliphatic carbocycles. The lowest BCUT2D eigenvalue weighted by Crippen LogP contribution is -2.17. The Labute approximate surface area is 112 Å². The molecule has 2 aromatic carbocycles. The van der Waals surface area contributed by atoms with Crippen LogP contribution in [0.25, 0.3) is 0 Å². The van der Waals surface area contributed by atoms with Crippen molar-refractivity contribution in [3.63, 3.8) is 0 Å². The van der Waals surface area contributed by atoms with Crippen molar-refractivity contribution >= 4 is 0 Å². The van der Waals surface area contributed by atoms with Gasteiger partial charge in [0.05, 0.1) is 0 Å². The molecule has 0 saturated heterocycles. The van der Waals surface area contributed by atoms with Gasteiger partial charge in [0, 0.05) is 12.6 Å². The summed E-state index contributed by atoms with van der Waals surface area (Å²) in [5, 5.41) is 12.6. The van der Waals surface area contributed by atoms with Crippen LogP contribution in [0.5, 0.6) is 5.75 Å². The Morgan fingerprint density at radius 2 is 1.95 bits per heavy atom. The standard InChI is InChI=1S/C16H18FNO/c1-12-4-2-3-5-14(12)6-7-18-11-13-8-15(17)10-16(19)9-13/h2-5,8-10,18-19H,6-7,11H2,1H3. The number of aryl methyl sites for hydroxylation is 1. The molecule has 0 aromatic heterocycles. The fourth-order valence-corrected chi connectivity index (χ4v) is 2.08. The van der Waals surface area contributed by atoms with Crippen LogP contribution in [-0.4, -0.2) is 11.7 Å². The Balaban J connectivity index is 1.82. The molecule has 0 radical (unpaired) electrons. The number of nitrogens with one attached hydrogen (secondary N) is 1. The van der Waals surface area contributed by atoms with E-state index in [-0.39, 0.29) is 5.75 Å². The van der Waals surface area contributed by atoms with E-state index in [1.807, 2.05) is 12.1 Å². The van der Waals surface area contributed by atoms with E-state index >= 15 is 0 Å². The van der Waals surface area contributed by atoms with Gasteiger partial charge in [0.1, 0.15) is 11.6 Å². The summed E-state index contributed by atoms with van der Waals surface area (Å²) in [4.78, 5) is 0. The molecule has 0 bridgehead atoms. The summed E-state index contributed by atoms with van der Waals surface area (Å²) in [5.41, 5.74) is 3.35. The fraction of sp³-hybridized carbons (Fsp3) is 0.250. The van der Waals surface area contributed by atoms with Crippen molar-refractivity contribution in [2.24, 2.45) is 0 Å². The average molecular weight is 259 g/mol. The molecule has 2 nitrogen and oxygen atoms in total. The number of rotatable bonds is 5. The highest BCUT2D eigenvalue weighted by Gasteiger charge is 2.00. The molecule has 0 saturated carbocycles. The molecule has 3 heteroatoms. The molecule has 0 unspecified atom stereocenters. The minimum absolute atomic E-state index is 0.0318. The van der Waals surface area contributed by atoms with E-state index in [1.165, 1.54) is 17.2 Å². The van der Waals surface area contributed by atoms with E-state index in [1.54, 1.807) is 6.07 Å². The second-order valence-corrected chi connectivity index (χ2v) is 4.67. The maximum Gasteiger partial charge on any atom is 0.127 e. The quantitative estimate of drug-likeness (QED) is 0.808. The zero-order valence-electron chi connectivity index (χ0n) is 11.0. The van der Waals surface area contributed by atoms with Gasteiger partial charge in [-0.3, -0.25) is 0 Å². The Kier molecular flexibility index (Phi) is 4.53. The Bertz CT molecular complexity index is 534. The van der Waals surface area contributed by atoms with Crippen LogP contribution in [-0.2, 0) is 13.0 Å². The monoisotopic (exact) mass is 259 g/mol. The Morgan fingerprint density at radius 3 is 2.68 bits per heavy atom. The number of phenols is 1. The van der Waals surface area contributed by atoms with Crippen LogP contribution in [0.1, 0.15) is 16.7 Å². The number of halogens is 1. The van der Waals surface area contributed by atoms with Crippen molar-refractivity contribution in [1.82, 2.24) is 5.32 Å². The Hall–Kier alpha value is -1.87. The maximum absolute atomic E-state index is 13.1. The van der Waals surface area contributed by atoms with E-state index in [4.69, 9.17) is 0 Å². The van der Waals surface area contributed by atoms with Crippen LogP contribution in [0.4, 0.5) is 4.39 Å². The largest absolute Gasteiger partial charge is 0.508 e. The van der Waals surface area contributed by atoms with Gasteiger partial charge in [-0.15, -0.1) is 0 Å². The topological polar surface area (TPSA) is 32.3 Å². The second-order valence-electron chi connectivity index (χ2n) is 4.67. The molecule has 19 heavy (non-hydrogen) atoms. The van der Waals surface area contributed by atoms with Gasteiger partial charge in [-0.2, -0.15) is 0 Å². The second kappa shape index (κ2) is 6.34. The van der Waals surface area contributed by atoms with Crippen molar-refractivity contribution in [2.75, 3.05) is 6.54 Å². The third-order valence-corrected chi connectivity index (χ3v) is 3.10. The molecular weight excluding hydrogens is 241 g/mol. The predicted octanol–water partition coefficient (Wildman–Crippen LogP) is 3.17. The molecule has 0 amide bonds. The van der Waals surface area contributed by atoms with Gasteiger partial charge in [0.2, 0.25) is 0 Å². The lowest BCUT2D eigenvalue weighted by atomic mass is 10.1. The molecule has 0 heterocycles. The molecule has 0 aliphatic rings. The van der Waals surface area contributed by atoms with Crippen LogP contribution in [0.2, 0.25) is 0 Å². The molecule has 0 fully saturated rings. The van der Waals surface area contributed by atoms with E-state index < -0.39 is 5.82 Å². The van der Waals surface area contributed by atoms with Gasteiger partial charge < -0.3 is 10.4 Å². The number of aromatic hydroxyl groups is 1.